The van der Waals surface area contributed by atoms with Gasteiger partial charge in [-0.05, 0) is 41.8 Å². The molecule has 0 aliphatic carbocycles. The van der Waals surface area contributed by atoms with Crippen molar-refractivity contribution >= 4 is 0 Å². The Morgan fingerprint density at radius 2 is 1.82 bits per heavy atom. The molecule has 0 unspecified atom stereocenters. The second-order valence-corrected chi connectivity index (χ2v) is 7.29. The highest BCUT2D eigenvalue weighted by Gasteiger charge is 2.34. The van der Waals surface area contributed by atoms with Gasteiger partial charge in [0, 0.05) is 31.0 Å². The third-order valence-corrected chi connectivity index (χ3v) is 5.31. The van der Waals surface area contributed by atoms with E-state index in [1.54, 1.807) is 12.4 Å². The van der Waals surface area contributed by atoms with Crippen molar-refractivity contribution in [3.63, 3.8) is 0 Å². The molecule has 0 atom stereocenters. The zero-order valence-corrected chi connectivity index (χ0v) is 16.6. The van der Waals surface area contributed by atoms with Gasteiger partial charge in [0.2, 0.25) is 0 Å². The third kappa shape index (κ3) is 4.55. The normalized spacial score (nSPS) is 16.5. The minimum Gasteiger partial charge on any atom is -1.00 e. The van der Waals surface area contributed by atoms with Crippen LogP contribution in [0.25, 0.3) is 0 Å². The molecule has 7 nitrogen and oxygen atoms in total. The van der Waals surface area contributed by atoms with Crippen LogP contribution >= 0.6 is 0 Å². The first-order chi connectivity index (χ1) is 13.1. The van der Waals surface area contributed by atoms with Crippen molar-refractivity contribution in [2.45, 2.75) is 38.5 Å². The molecule has 4 rings (SSSR count). The maximum atomic E-state index is 10.9. The number of benzene rings is 1. The fraction of sp³-hybridized carbons (Fsp3) is 0.400. The first-order valence-electron chi connectivity index (χ1n) is 9.28. The average molecular weight is 400 g/mol. The Hall–Kier alpha value is -2.35. The van der Waals surface area contributed by atoms with Crippen LogP contribution in [-0.2, 0) is 18.7 Å². The fourth-order valence-corrected chi connectivity index (χ4v) is 3.53. The van der Waals surface area contributed by atoms with E-state index in [1.807, 2.05) is 16.8 Å². The van der Waals surface area contributed by atoms with E-state index in [0.717, 1.165) is 24.5 Å². The Morgan fingerprint density at radius 1 is 1.07 bits per heavy atom. The Kier molecular flexibility index (Phi) is 6.39. The Bertz CT molecular complexity index is 875. The van der Waals surface area contributed by atoms with Crippen LogP contribution in [-0.4, -0.2) is 48.3 Å². The number of piperidine rings is 1. The maximum Gasteiger partial charge on any atom is 0.165 e. The van der Waals surface area contributed by atoms with E-state index < -0.39 is 5.60 Å². The lowest BCUT2D eigenvalue weighted by Gasteiger charge is -2.38. The summed E-state index contributed by atoms with van der Waals surface area (Å²) in [5, 5.41) is 23.2. The number of aromatic nitrogens is 5. The standard InChI is InChI=1S/C20H24N6O.ClH/c1-16-4-6-17(7-5-16)14-26-19(22-23-24-26)15-25-11-8-20(27,9-12-25)18-3-2-10-21-13-18;/h2-7,10,13,27H,8-9,11-12,14-15H2,1H3;1H/p-1. The van der Waals surface area contributed by atoms with Crippen LogP contribution in [0.1, 0.15) is 35.4 Å². The highest BCUT2D eigenvalue weighted by Crippen LogP contribution is 2.32. The molecule has 3 heterocycles. The number of hydrogen-bond acceptors (Lipinski definition) is 6. The van der Waals surface area contributed by atoms with Gasteiger partial charge in [-0.25, -0.2) is 4.68 Å². The number of nitrogens with zero attached hydrogens (tertiary/aromatic N) is 6. The van der Waals surface area contributed by atoms with Crippen LogP contribution in [0.4, 0.5) is 0 Å². The SMILES string of the molecule is Cc1ccc(Cn2nnnc2CN2CCC(O)(c3cccnc3)CC2)cc1.[Cl-]. The predicted molar refractivity (Wildman–Crippen MR) is 101 cm³/mol. The van der Waals surface area contributed by atoms with Crippen LogP contribution < -0.4 is 12.4 Å². The van der Waals surface area contributed by atoms with Gasteiger partial charge in [0.15, 0.2) is 5.82 Å². The van der Waals surface area contributed by atoms with E-state index in [4.69, 9.17) is 0 Å². The van der Waals surface area contributed by atoms with Crippen molar-refractivity contribution in [2.75, 3.05) is 13.1 Å². The van der Waals surface area contributed by atoms with Gasteiger partial charge in [-0.1, -0.05) is 35.9 Å². The van der Waals surface area contributed by atoms with Gasteiger partial charge in [0.25, 0.3) is 0 Å². The van der Waals surface area contributed by atoms with Crippen molar-refractivity contribution in [3.8, 4) is 0 Å². The van der Waals surface area contributed by atoms with Gasteiger partial charge in [-0.2, -0.15) is 0 Å². The summed E-state index contributed by atoms with van der Waals surface area (Å²) in [6.45, 7) is 5.01. The van der Waals surface area contributed by atoms with E-state index in [-0.39, 0.29) is 12.4 Å². The molecule has 1 saturated heterocycles. The molecule has 1 aromatic carbocycles. The Balaban J connectivity index is 0.00000225. The summed E-state index contributed by atoms with van der Waals surface area (Å²) in [7, 11) is 0. The van der Waals surface area contributed by atoms with Gasteiger partial charge in [-0.15, -0.1) is 5.10 Å². The van der Waals surface area contributed by atoms with Crippen LogP contribution in [0.3, 0.4) is 0 Å². The van der Waals surface area contributed by atoms with E-state index in [1.165, 1.54) is 11.1 Å². The summed E-state index contributed by atoms with van der Waals surface area (Å²) >= 11 is 0. The maximum absolute atomic E-state index is 10.9. The van der Waals surface area contributed by atoms with E-state index in [9.17, 15) is 5.11 Å². The molecule has 0 spiro atoms. The topological polar surface area (TPSA) is 80.0 Å². The van der Waals surface area contributed by atoms with E-state index >= 15 is 0 Å². The van der Waals surface area contributed by atoms with Crippen molar-refractivity contribution in [3.05, 3.63) is 71.3 Å². The molecular weight excluding hydrogens is 376 g/mol. The quantitative estimate of drug-likeness (QED) is 0.587. The largest absolute Gasteiger partial charge is 1.00 e. The Morgan fingerprint density at radius 3 is 2.50 bits per heavy atom. The monoisotopic (exact) mass is 399 g/mol. The van der Waals surface area contributed by atoms with Gasteiger partial charge in [0.05, 0.1) is 18.7 Å². The van der Waals surface area contributed by atoms with Crippen molar-refractivity contribution in [1.29, 1.82) is 0 Å². The number of halogens is 1. The average Bonchev–Trinajstić information content (AvgIpc) is 3.13. The molecule has 2 aromatic heterocycles. The Labute approximate surface area is 170 Å². The van der Waals surface area contributed by atoms with Crippen molar-refractivity contribution in [1.82, 2.24) is 30.1 Å². The summed E-state index contributed by atoms with van der Waals surface area (Å²) in [5.41, 5.74) is 2.52. The highest BCUT2D eigenvalue weighted by molar-refractivity contribution is 5.21. The summed E-state index contributed by atoms with van der Waals surface area (Å²) < 4.78 is 1.85. The summed E-state index contributed by atoms with van der Waals surface area (Å²) in [6.07, 6.45) is 4.85. The molecule has 0 radical (unpaired) electrons. The zero-order valence-electron chi connectivity index (χ0n) is 15.9. The number of aliphatic hydroxyl groups is 1. The van der Waals surface area contributed by atoms with Crippen molar-refractivity contribution < 1.29 is 17.5 Å². The third-order valence-electron chi connectivity index (χ3n) is 5.31. The molecule has 8 heteroatoms. The molecule has 0 amide bonds. The summed E-state index contributed by atoms with van der Waals surface area (Å²) in [5.74, 6) is 0.849. The molecule has 1 aliphatic rings. The lowest BCUT2D eigenvalue weighted by molar-refractivity contribution is -0.0287. The summed E-state index contributed by atoms with van der Waals surface area (Å²) in [4.78, 5) is 6.43. The fourth-order valence-electron chi connectivity index (χ4n) is 3.53. The van der Waals surface area contributed by atoms with Crippen LogP contribution in [0.2, 0.25) is 0 Å². The lowest BCUT2D eigenvalue weighted by atomic mass is 9.85. The molecular formula is C20H24ClN6O-. The minimum atomic E-state index is -0.793. The predicted octanol–water partition coefficient (Wildman–Crippen LogP) is -1.09. The minimum absolute atomic E-state index is 0. The first-order valence-corrected chi connectivity index (χ1v) is 9.28. The zero-order chi connectivity index (χ0) is 18.7. The van der Waals surface area contributed by atoms with Crippen LogP contribution in [0.5, 0.6) is 0 Å². The molecule has 0 bridgehead atoms. The number of aryl methyl sites for hydroxylation is 1. The molecule has 1 fully saturated rings. The van der Waals surface area contributed by atoms with Gasteiger partial charge >= 0.3 is 0 Å². The molecule has 1 aliphatic heterocycles. The van der Waals surface area contributed by atoms with Crippen LogP contribution in [0.15, 0.2) is 48.8 Å². The number of likely N-dealkylation sites (tertiary alicyclic amines) is 1. The smallest absolute Gasteiger partial charge is 0.165 e. The lowest BCUT2D eigenvalue weighted by Crippen LogP contribution is -3.00. The molecule has 28 heavy (non-hydrogen) atoms. The second kappa shape index (κ2) is 8.77. The summed E-state index contributed by atoms with van der Waals surface area (Å²) in [6, 6.07) is 12.2. The van der Waals surface area contributed by atoms with Gasteiger partial charge < -0.3 is 17.5 Å². The highest BCUT2D eigenvalue weighted by atomic mass is 35.5. The molecule has 148 valence electrons. The van der Waals surface area contributed by atoms with Gasteiger partial charge in [0.1, 0.15) is 0 Å². The first kappa shape index (κ1) is 20.4. The van der Waals surface area contributed by atoms with E-state index in [2.05, 4.69) is 56.6 Å². The van der Waals surface area contributed by atoms with Gasteiger partial charge in [-0.3, -0.25) is 9.88 Å². The van der Waals surface area contributed by atoms with Crippen molar-refractivity contribution in [2.24, 2.45) is 0 Å². The number of tetrazole rings is 1. The number of hydrogen-bond donors (Lipinski definition) is 1. The second-order valence-electron chi connectivity index (χ2n) is 7.29. The molecule has 1 N–H and O–H groups in total. The molecule has 3 aromatic rings. The van der Waals surface area contributed by atoms with E-state index in [0.29, 0.717) is 25.9 Å². The number of pyridine rings is 1. The number of rotatable bonds is 5. The molecule has 0 saturated carbocycles. The van der Waals surface area contributed by atoms with Crippen LogP contribution in [0, 0.1) is 6.92 Å².